The monoisotopic (exact) mass is 277 g/mol. The van der Waals surface area contributed by atoms with Gasteiger partial charge in [0.25, 0.3) is 0 Å². The Bertz CT molecular complexity index is 394. The first-order chi connectivity index (χ1) is 9.70. The molecule has 0 saturated heterocycles. The molecule has 0 spiro atoms. The van der Waals surface area contributed by atoms with Gasteiger partial charge in [0.1, 0.15) is 0 Å². The quantitative estimate of drug-likeness (QED) is 0.619. The maximum absolute atomic E-state index is 6.21. The van der Waals surface area contributed by atoms with Crippen LogP contribution in [0.15, 0.2) is 24.5 Å². The van der Waals surface area contributed by atoms with Crippen LogP contribution < -0.4 is 11.3 Å². The van der Waals surface area contributed by atoms with Crippen molar-refractivity contribution in [3.8, 4) is 0 Å². The second-order valence-electron chi connectivity index (χ2n) is 5.98. The molecule has 0 aromatic carbocycles. The fourth-order valence-electron chi connectivity index (χ4n) is 3.53. The van der Waals surface area contributed by atoms with E-state index >= 15 is 0 Å². The van der Waals surface area contributed by atoms with Crippen molar-refractivity contribution in [3.63, 3.8) is 0 Å². The number of nitrogens with zero attached hydrogens (tertiary/aromatic N) is 1. The molecule has 0 bridgehead atoms. The molecule has 3 unspecified atom stereocenters. The van der Waals surface area contributed by atoms with E-state index < -0.39 is 0 Å². The van der Waals surface area contributed by atoms with Crippen molar-refractivity contribution in [1.82, 2.24) is 10.4 Å². The minimum atomic E-state index is -0.134. The van der Waals surface area contributed by atoms with Crippen LogP contribution in [0.4, 0.5) is 0 Å². The van der Waals surface area contributed by atoms with E-state index in [2.05, 4.69) is 36.4 Å². The maximum atomic E-state index is 6.21. The molecule has 1 aromatic rings. The molecular formula is C16H27N3O. The van der Waals surface area contributed by atoms with Crippen LogP contribution in [-0.4, -0.2) is 23.2 Å². The molecule has 112 valence electrons. The van der Waals surface area contributed by atoms with Crippen LogP contribution in [-0.2, 0) is 11.2 Å². The first-order valence-electron chi connectivity index (χ1n) is 7.69. The Labute approximate surface area is 122 Å². The molecule has 1 saturated carbocycles. The second kappa shape index (κ2) is 7.16. The van der Waals surface area contributed by atoms with E-state index in [1.54, 1.807) is 0 Å². The van der Waals surface area contributed by atoms with Crippen LogP contribution in [0.5, 0.6) is 0 Å². The summed E-state index contributed by atoms with van der Waals surface area (Å²) in [4.78, 5) is 4.07. The van der Waals surface area contributed by atoms with Gasteiger partial charge >= 0.3 is 0 Å². The van der Waals surface area contributed by atoms with Crippen molar-refractivity contribution in [2.24, 2.45) is 11.8 Å². The van der Waals surface area contributed by atoms with E-state index in [1.807, 2.05) is 12.4 Å². The molecule has 1 aliphatic carbocycles. The number of nitrogens with one attached hydrogen (secondary N) is 1. The highest BCUT2D eigenvalue weighted by Crippen LogP contribution is 2.38. The van der Waals surface area contributed by atoms with Gasteiger partial charge in [-0.05, 0) is 49.8 Å². The lowest BCUT2D eigenvalue weighted by Crippen LogP contribution is -2.57. The SMILES string of the molecule is CCOC1(C(Cc2ccncc2)NN)CCCC(C)C1. The van der Waals surface area contributed by atoms with Crippen molar-refractivity contribution in [3.05, 3.63) is 30.1 Å². The predicted octanol–water partition coefficient (Wildman–Crippen LogP) is 2.44. The molecule has 1 fully saturated rings. The highest BCUT2D eigenvalue weighted by molar-refractivity contribution is 5.14. The van der Waals surface area contributed by atoms with Gasteiger partial charge in [0, 0.05) is 19.0 Å². The Balaban J connectivity index is 2.16. The van der Waals surface area contributed by atoms with Crippen LogP contribution in [0.1, 0.15) is 45.1 Å². The Morgan fingerprint density at radius 2 is 2.25 bits per heavy atom. The van der Waals surface area contributed by atoms with Crippen LogP contribution in [0.2, 0.25) is 0 Å². The van der Waals surface area contributed by atoms with Crippen molar-refractivity contribution in [2.45, 2.75) is 57.6 Å². The minimum absolute atomic E-state index is 0.134. The van der Waals surface area contributed by atoms with Crippen molar-refractivity contribution < 1.29 is 4.74 Å². The van der Waals surface area contributed by atoms with Crippen LogP contribution >= 0.6 is 0 Å². The fourth-order valence-corrected chi connectivity index (χ4v) is 3.53. The zero-order valence-electron chi connectivity index (χ0n) is 12.6. The molecule has 3 N–H and O–H groups in total. The van der Waals surface area contributed by atoms with Crippen LogP contribution in [0.25, 0.3) is 0 Å². The lowest BCUT2D eigenvalue weighted by Gasteiger charge is -2.45. The summed E-state index contributed by atoms with van der Waals surface area (Å²) in [6.07, 6.45) is 9.23. The largest absolute Gasteiger partial charge is 0.374 e. The standard InChI is InChI=1S/C16H27N3O/c1-3-20-16(8-4-5-13(2)12-16)15(19-17)11-14-6-9-18-10-7-14/h6-7,9-10,13,15,19H,3-5,8,11-12,17H2,1-2H3. The summed E-state index contributed by atoms with van der Waals surface area (Å²) in [6, 6.07) is 4.25. The Kier molecular flexibility index (Phi) is 5.52. The molecule has 1 heterocycles. The molecule has 4 heteroatoms. The van der Waals surface area contributed by atoms with Gasteiger partial charge < -0.3 is 4.74 Å². The van der Waals surface area contributed by atoms with Crippen molar-refractivity contribution in [1.29, 1.82) is 0 Å². The van der Waals surface area contributed by atoms with Gasteiger partial charge in [0.15, 0.2) is 0 Å². The third kappa shape index (κ3) is 3.57. The molecule has 1 aromatic heterocycles. The molecule has 2 rings (SSSR count). The molecular weight excluding hydrogens is 250 g/mol. The van der Waals surface area contributed by atoms with E-state index in [0.717, 1.165) is 25.9 Å². The summed E-state index contributed by atoms with van der Waals surface area (Å²) in [5.74, 6) is 6.56. The lowest BCUT2D eigenvalue weighted by atomic mass is 9.73. The van der Waals surface area contributed by atoms with Gasteiger partial charge in [-0.15, -0.1) is 0 Å². The van der Waals surface area contributed by atoms with Gasteiger partial charge in [-0.3, -0.25) is 16.3 Å². The van der Waals surface area contributed by atoms with Gasteiger partial charge in [-0.2, -0.15) is 0 Å². The second-order valence-corrected chi connectivity index (χ2v) is 5.98. The number of nitrogens with two attached hydrogens (primary N) is 1. The number of hydrazine groups is 1. The fraction of sp³-hybridized carbons (Fsp3) is 0.688. The van der Waals surface area contributed by atoms with E-state index in [1.165, 1.54) is 18.4 Å². The lowest BCUT2D eigenvalue weighted by molar-refractivity contribution is -0.100. The predicted molar refractivity (Wildman–Crippen MR) is 81.0 cm³/mol. The number of aromatic nitrogens is 1. The molecule has 1 aliphatic rings. The summed E-state index contributed by atoms with van der Waals surface area (Å²) in [5, 5.41) is 0. The van der Waals surface area contributed by atoms with E-state index in [0.29, 0.717) is 5.92 Å². The van der Waals surface area contributed by atoms with Gasteiger partial charge in [0.2, 0.25) is 0 Å². The van der Waals surface area contributed by atoms with E-state index in [-0.39, 0.29) is 11.6 Å². The van der Waals surface area contributed by atoms with E-state index in [4.69, 9.17) is 10.6 Å². The minimum Gasteiger partial charge on any atom is -0.374 e. The number of pyridine rings is 1. The summed E-state index contributed by atoms with van der Waals surface area (Å²) < 4.78 is 6.21. The third-order valence-corrected chi connectivity index (χ3v) is 4.45. The summed E-state index contributed by atoms with van der Waals surface area (Å²) in [6.45, 7) is 5.12. The van der Waals surface area contributed by atoms with Gasteiger partial charge in [-0.25, -0.2) is 0 Å². The first-order valence-corrected chi connectivity index (χ1v) is 7.69. The Morgan fingerprint density at radius 1 is 1.50 bits per heavy atom. The smallest absolute Gasteiger partial charge is 0.0853 e. The summed E-state index contributed by atoms with van der Waals surface area (Å²) in [7, 11) is 0. The topological polar surface area (TPSA) is 60.2 Å². The molecule has 3 atom stereocenters. The Morgan fingerprint density at radius 3 is 2.85 bits per heavy atom. The normalized spacial score (nSPS) is 28.2. The number of hydrogen-bond donors (Lipinski definition) is 2. The third-order valence-electron chi connectivity index (χ3n) is 4.45. The molecule has 0 amide bonds. The number of hydrogen-bond acceptors (Lipinski definition) is 4. The first kappa shape index (κ1) is 15.4. The van der Waals surface area contributed by atoms with Crippen molar-refractivity contribution in [2.75, 3.05) is 6.61 Å². The van der Waals surface area contributed by atoms with E-state index in [9.17, 15) is 0 Å². The zero-order valence-corrected chi connectivity index (χ0v) is 12.6. The Hall–Kier alpha value is -0.970. The number of ether oxygens (including phenoxy) is 1. The highest BCUT2D eigenvalue weighted by Gasteiger charge is 2.42. The summed E-state index contributed by atoms with van der Waals surface area (Å²) >= 11 is 0. The average Bonchev–Trinajstić information content (AvgIpc) is 2.46. The highest BCUT2D eigenvalue weighted by atomic mass is 16.5. The van der Waals surface area contributed by atoms with Crippen LogP contribution in [0, 0.1) is 5.92 Å². The average molecular weight is 277 g/mol. The van der Waals surface area contributed by atoms with Crippen molar-refractivity contribution >= 4 is 0 Å². The zero-order chi connectivity index (χ0) is 14.4. The molecule has 20 heavy (non-hydrogen) atoms. The van der Waals surface area contributed by atoms with Crippen LogP contribution in [0.3, 0.4) is 0 Å². The number of rotatable bonds is 6. The molecule has 4 nitrogen and oxygen atoms in total. The van der Waals surface area contributed by atoms with Gasteiger partial charge in [0.05, 0.1) is 11.6 Å². The van der Waals surface area contributed by atoms with Gasteiger partial charge in [-0.1, -0.05) is 19.8 Å². The maximum Gasteiger partial charge on any atom is 0.0853 e. The molecule has 0 aliphatic heterocycles. The molecule has 0 radical (unpaired) electrons. The summed E-state index contributed by atoms with van der Waals surface area (Å²) in [5.41, 5.74) is 4.14.